The van der Waals surface area contributed by atoms with Crippen molar-refractivity contribution >= 4 is 5.78 Å². The van der Waals surface area contributed by atoms with Crippen LogP contribution in [0.4, 0.5) is 0 Å². The first-order chi connectivity index (χ1) is 10.3. The normalized spacial score (nSPS) is 28.0. The van der Waals surface area contributed by atoms with Crippen LogP contribution in [-0.4, -0.2) is 22.8 Å². The minimum atomic E-state index is 0.429. The number of carbonyl (C=O) groups is 1. The van der Waals surface area contributed by atoms with Gasteiger partial charge in [0.2, 0.25) is 0 Å². The van der Waals surface area contributed by atoms with Crippen molar-refractivity contribution in [2.75, 3.05) is 0 Å². The molecular formula is C19H31NO. The first-order valence-electron chi connectivity index (χ1n) is 9.36. The van der Waals surface area contributed by atoms with Crippen molar-refractivity contribution in [3.8, 4) is 0 Å². The topological polar surface area (TPSA) is 20.3 Å². The van der Waals surface area contributed by atoms with Crippen LogP contribution in [0.15, 0.2) is 11.8 Å². The van der Waals surface area contributed by atoms with Crippen molar-refractivity contribution in [1.29, 1.82) is 0 Å². The molecule has 0 spiro atoms. The van der Waals surface area contributed by atoms with E-state index in [-0.39, 0.29) is 0 Å². The highest BCUT2D eigenvalue weighted by atomic mass is 16.1. The lowest BCUT2D eigenvalue weighted by molar-refractivity contribution is -0.116. The van der Waals surface area contributed by atoms with E-state index in [1.807, 2.05) is 0 Å². The molecule has 21 heavy (non-hydrogen) atoms. The molecule has 0 radical (unpaired) electrons. The number of Topliss-reactive ketones (excluding diaryl/α,β-unsaturated/α-hetero) is 1. The van der Waals surface area contributed by atoms with Crippen LogP contribution < -0.4 is 0 Å². The molecule has 0 bridgehead atoms. The Morgan fingerprint density at radius 3 is 1.76 bits per heavy atom. The second kappa shape index (κ2) is 7.47. The fraction of sp³-hybridized carbons (Fsp3) is 0.842. The number of hydrogen-bond acceptors (Lipinski definition) is 2. The molecule has 0 aliphatic heterocycles. The fourth-order valence-electron chi connectivity index (χ4n) is 4.48. The van der Waals surface area contributed by atoms with Gasteiger partial charge in [0, 0.05) is 30.3 Å². The summed E-state index contributed by atoms with van der Waals surface area (Å²) < 4.78 is 0. The van der Waals surface area contributed by atoms with Crippen molar-refractivity contribution in [3.63, 3.8) is 0 Å². The molecule has 3 aliphatic rings. The molecule has 0 aromatic heterocycles. The zero-order valence-electron chi connectivity index (χ0n) is 13.5. The molecule has 3 aliphatic carbocycles. The molecule has 0 N–H and O–H groups in total. The average Bonchev–Trinajstić information content (AvgIpc) is 2.56. The van der Waals surface area contributed by atoms with E-state index in [9.17, 15) is 4.79 Å². The summed E-state index contributed by atoms with van der Waals surface area (Å²) in [6, 6.07) is 1.42. The molecule has 2 heteroatoms. The van der Waals surface area contributed by atoms with Crippen molar-refractivity contribution in [2.24, 2.45) is 0 Å². The Labute approximate surface area is 130 Å². The summed E-state index contributed by atoms with van der Waals surface area (Å²) in [6.07, 6.45) is 20.1. The van der Waals surface area contributed by atoms with Crippen LogP contribution in [0.5, 0.6) is 0 Å². The number of rotatable bonds is 3. The summed E-state index contributed by atoms with van der Waals surface area (Å²) in [7, 11) is 0. The SMILES string of the molecule is O=C1CCCC/C1=C\N(C1CCCCC1)C1CCCCC1. The van der Waals surface area contributed by atoms with Crippen molar-refractivity contribution in [2.45, 2.75) is 102 Å². The van der Waals surface area contributed by atoms with Gasteiger partial charge in [-0.15, -0.1) is 0 Å². The van der Waals surface area contributed by atoms with Crippen molar-refractivity contribution in [3.05, 3.63) is 11.8 Å². The van der Waals surface area contributed by atoms with Crippen LogP contribution in [0.3, 0.4) is 0 Å². The van der Waals surface area contributed by atoms with Gasteiger partial charge in [0.25, 0.3) is 0 Å². The lowest BCUT2D eigenvalue weighted by atomic mass is 9.88. The summed E-state index contributed by atoms with van der Waals surface area (Å²) in [5.41, 5.74) is 1.14. The minimum absolute atomic E-state index is 0.429. The van der Waals surface area contributed by atoms with Gasteiger partial charge in [-0.1, -0.05) is 38.5 Å². The Morgan fingerprint density at radius 1 is 0.714 bits per heavy atom. The van der Waals surface area contributed by atoms with Crippen LogP contribution in [0.2, 0.25) is 0 Å². The van der Waals surface area contributed by atoms with Gasteiger partial charge in [0.15, 0.2) is 5.78 Å². The summed E-state index contributed by atoms with van der Waals surface area (Å²) in [5.74, 6) is 0.429. The second-order valence-corrected chi connectivity index (χ2v) is 7.32. The lowest BCUT2D eigenvalue weighted by Gasteiger charge is -2.42. The molecule has 3 rings (SSSR count). The molecule has 0 amide bonds. The highest BCUT2D eigenvalue weighted by molar-refractivity contribution is 5.95. The molecule has 0 aromatic carbocycles. The fourth-order valence-corrected chi connectivity index (χ4v) is 4.48. The van der Waals surface area contributed by atoms with E-state index in [1.54, 1.807) is 0 Å². The Bertz CT molecular complexity index is 357. The number of ketones is 1. The van der Waals surface area contributed by atoms with Gasteiger partial charge in [0.05, 0.1) is 0 Å². The lowest BCUT2D eigenvalue weighted by Crippen LogP contribution is -2.42. The Hall–Kier alpha value is -0.790. The van der Waals surface area contributed by atoms with Gasteiger partial charge in [-0.25, -0.2) is 0 Å². The summed E-state index contributed by atoms with van der Waals surface area (Å²) >= 11 is 0. The van der Waals surface area contributed by atoms with Crippen LogP contribution in [0.1, 0.15) is 89.9 Å². The summed E-state index contributed by atoms with van der Waals surface area (Å²) in [4.78, 5) is 14.9. The third-order valence-electron chi connectivity index (χ3n) is 5.76. The predicted molar refractivity (Wildman–Crippen MR) is 87.1 cm³/mol. The molecule has 0 atom stereocenters. The van der Waals surface area contributed by atoms with E-state index in [0.29, 0.717) is 17.9 Å². The van der Waals surface area contributed by atoms with E-state index < -0.39 is 0 Å². The monoisotopic (exact) mass is 289 g/mol. The van der Waals surface area contributed by atoms with Gasteiger partial charge >= 0.3 is 0 Å². The van der Waals surface area contributed by atoms with E-state index in [2.05, 4.69) is 11.1 Å². The second-order valence-electron chi connectivity index (χ2n) is 7.32. The molecule has 3 fully saturated rings. The highest BCUT2D eigenvalue weighted by Gasteiger charge is 2.28. The maximum atomic E-state index is 12.2. The van der Waals surface area contributed by atoms with Crippen molar-refractivity contribution < 1.29 is 4.79 Å². The molecule has 0 unspecified atom stereocenters. The van der Waals surface area contributed by atoms with Gasteiger partial charge in [0.1, 0.15) is 0 Å². The maximum absolute atomic E-state index is 12.2. The molecule has 0 heterocycles. The average molecular weight is 289 g/mol. The minimum Gasteiger partial charge on any atom is -0.371 e. The molecular weight excluding hydrogens is 258 g/mol. The van der Waals surface area contributed by atoms with E-state index in [0.717, 1.165) is 24.8 Å². The van der Waals surface area contributed by atoms with Gasteiger partial charge < -0.3 is 4.90 Å². The number of carbonyl (C=O) groups excluding carboxylic acids is 1. The smallest absolute Gasteiger partial charge is 0.160 e. The number of hydrogen-bond donors (Lipinski definition) is 0. The third-order valence-corrected chi connectivity index (χ3v) is 5.76. The highest BCUT2D eigenvalue weighted by Crippen LogP contribution is 2.32. The largest absolute Gasteiger partial charge is 0.371 e. The van der Waals surface area contributed by atoms with Crippen LogP contribution in [0.25, 0.3) is 0 Å². The van der Waals surface area contributed by atoms with E-state index >= 15 is 0 Å². The van der Waals surface area contributed by atoms with E-state index in [1.165, 1.54) is 70.6 Å². The molecule has 3 saturated carbocycles. The molecule has 2 nitrogen and oxygen atoms in total. The van der Waals surface area contributed by atoms with Crippen LogP contribution >= 0.6 is 0 Å². The van der Waals surface area contributed by atoms with Gasteiger partial charge in [-0.3, -0.25) is 4.79 Å². The van der Waals surface area contributed by atoms with Crippen LogP contribution in [-0.2, 0) is 4.79 Å². The Kier molecular flexibility index (Phi) is 5.38. The summed E-state index contributed by atoms with van der Waals surface area (Å²) in [6.45, 7) is 0. The number of nitrogens with zero attached hydrogens (tertiary/aromatic N) is 1. The molecule has 118 valence electrons. The zero-order valence-corrected chi connectivity index (χ0v) is 13.5. The summed E-state index contributed by atoms with van der Waals surface area (Å²) in [5, 5.41) is 0. The Morgan fingerprint density at radius 2 is 1.24 bits per heavy atom. The van der Waals surface area contributed by atoms with Gasteiger partial charge in [-0.05, 0) is 44.9 Å². The standard InChI is InChI=1S/C19H31NO/c21-19-14-8-7-9-16(19)15-20(17-10-3-1-4-11-17)18-12-5-2-6-13-18/h15,17-18H,1-14H2/b16-15+. The first-order valence-corrected chi connectivity index (χ1v) is 9.36. The molecule has 0 saturated heterocycles. The predicted octanol–water partition coefficient (Wildman–Crippen LogP) is 4.98. The third kappa shape index (κ3) is 3.90. The van der Waals surface area contributed by atoms with E-state index in [4.69, 9.17) is 0 Å². The van der Waals surface area contributed by atoms with Crippen LogP contribution in [0, 0.1) is 0 Å². The van der Waals surface area contributed by atoms with Crippen molar-refractivity contribution in [1.82, 2.24) is 4.90 Å². The number of allylic oxidation sites excluding steroid dienone is 1. The van der Waals surface area contributed by atoms with Gasteiger partial charge in [-0.2, -0.15) is 0 Å². The molecule has 0 aromatic rings. The maximum Gasteiger partial charge on any atom is 0.160 e. The quantitative estimate of drug-likeness (QED) is 0.683. The Balaban J connectivity index is 1.76. The first kappa shape index (κ1) is 15.1. The zero-order chi connectivity index (χ0) is 14.5.